The van der Waals surface area contributed by atoms with Gasteiger partial charge in [-0.25, -0.2) is 0 Å². The monoisotopic (exact) mass is 232 g/mol. The summed E-state index contributed by atoms with van der Waals surface area (Å²) in [6.07, 6.45) is 2.56. The third-order valence-electron chi connectivity index (χ3n) is 2.62. The van der Waals surface area contributed by atoms with Gasteiger partial charge in [-0.3, -0.25) is 4.68 Å². The van der Waals surface area contributed by atoms with Gasteiger partial charge in [0.05, 0.1) is 12.8 Å². The van der Waals surface area contributed by atoms with E-state index >= 15 is 0 Å². The molecule has 2 N–H and O–H groups in total. The minimum Gasteiger partial charge on any atom is -0.497 e. The molecule has 0 bridgehead atoms. The first kappa shape index (κ1) is 11.6. The van der Waals surface area contributed by atoms with Crippen molar-refractivity contribution in [2.75, 3.05) is 7.11 Å². The molecule has 2 rings (SSSR count). The molecule has 0 fully saturated rings. The molecule has 1 unspecified atom stereocenters. The zero-order valence-corrected chi connectivity index (χ0v) is 10.00. The van der Waals surface area contributed by atoms with Crippen molar-refractivity contribution < 1.29 is 4.74 Å². The number of hydrogen-bond acceptors (Lipinski definition) is 4. The van der Waals surface area contributed by atoms with Crippen molar-refractivity contribution in [3.63, 3.8) is 0 Å². The summed E-state index contributed by atoms with van der Waals surface area (Å²) in [5.41, 5.74) is 8.08. The van der Waals surface area contributed by atoms with Crippen LogP contribution >= 0.6 is 0 Å². The topological polar surface area (TPSA) is 66.0 Å². The zero-order valence-electron chi connectivity index (χ0n) is 10.00. The summed E-state index contributed by atoms with van der Waals surface area (Å²) < 4.78 is 6.78. The molecule has 17 heavy (non-hydrogen) atoms. The first-order valence-electron chi connectivity index (χ1n) is 5.44. The van der Waals surface area contributed by atoms with E-state index in [4.69, 9.17) is 10.5 Å². The molecule has 5 nitrogen and oxygen atoms in total. The Morgan fingerprint density at radius 2 is 2.06 bits per heavy atom. The Labute approximate surface area is 100 Å². The average molecular weight is 232 g/mol. The lowest BCUT2D eigenvalue weighted by Crippen LogP contribution is -2.13. The number of aromatic nitrogens is 3. The molecule has 0 saturated carbocycles. The van der Waals surface area contributed by atoms with Gasteiger partial charge in [-0.05, 0) is 17.7 Å². The van der Waals surface area contributed by atoms with Crippen LogP contribution < -0.4 is 10.5 Å². The highest BCUT2D eigenvalue weighted by atomic mass is 16.5. The zero-order chi connectivity index (χ0) is 12.3. The van der Waals surface area contributed by atoms with Crippen LogP contribution in [0.3, 0.4) is 0 Å². The highest BCUT2D eigenvalue weighted by Gasteiger charge is 2.09. The van der Waals surface area contributed by atoms with Crippen molar-refractivity contribution in [2.24, 2.45) is 12.8 Å². The fourth-order valence-electron chi connectivity index (χ4n) is 1.68. The van der Waals surface area contributed by atoms with E-state index in [0.29, 0.717) is 6.42 Å². The van der Waals surface area contributed by atoms with Crippen LogP contribution in [0.2, 0.25) is 0 Å². The Balaban J connectivity index is 2.06. The number of rotatable bonds is 4. The van der Waals surface area contributed by atoms with Crippen molar-refractivity contribution in [1.82, 2.24) is 15.0 Å². The van der Waals surface area contributed by atoms with Crippen LogP contribution in [0.15, 0.2) is 30.5 Å². The summed E-state index contributed by atoms with van der Waals surface area (Å²) in [4.78, 5) is 0. The van der Waals surface area contributed by atoms with E-state index in [1.165, 1.54) is 0 Å². The normalized spacial score (nSPS) is 12.4. The first-order valence-corrected chi connectivity index (χ1v) is 5.44. The number of hydrogen-bond donors (Lipinski definition) is 1. The fourth-order valence-corrected chi connectivity index (χ4v) is 1.68. The molecule has 5 heteroatoms. The van der Waals surface area contributed by atoms with Crippen molar-refractivity contribution in [1.29, 1.82) is 0 Å². The van der Waals surface area contributed by atoms with Crippen LogP contribution in [0.25, 0.3) is 0 Å². The number of nitrogens with zero attached hydrogens (tertiary/aromatic N) is 3. The summed E-state index contributed by atoms with van der Waals surface area (Å²) in [5.74, 6) is 0.834. The summed E-state index contributed by atoms with van der Waals surface area (Å²) in [7, 11) is 3.49. The predicted molar refractivity (Wildman–Crippen MR) is 64.6 cm³/mol. The smallest absolute Gasteiger partial charge is 0.118 e. The number of benzene rings is 1. The number of nitrogens with two attached hydrogens (primary N) is 1. The van der Waals surface area contributed by atoms with E-state index < -0.39 is 0 Å². The largest absolute Gasteiger partial charge is 0.497 e. The number of methoxy groups -OCH3 is 1. The van der Waals surface area contributed by atoms with E-state index in [1.54, 1.807) is 11.8 Å². The Kier molecular flexibility index (Phi) is 3.39. The van der Waals surface area contributed by atoms with Crippen molar-refractivity contribution in [2.45, 2.75) is 12.5 Å². The third-order valence-corrected chi connectivity index (χ3v) is 2.62. The summed E-state index contributed by atoms with van der Waals surface area (Å²) in [6.45, 7) is 0. The molecular formula is C12H16N4O. The van der Waals surface area contributed by atoms with Crippen molar-refractivity contribution in [3.05, 3.63) is 41.7 Å². The molecular weight excluding hydrogens is 216 g/mol. The first-order chi connectivity index (χ1) is 8.19. The second-order valence-electron chi connectivity index (χ2n) is 3.97. The maximum absolute atomic E-state index is 6.11. The summed E-state index contributed by atoms with van der Waals surface area (Å²) >= 11 is 0. The van der Waals surface area contributed by atoms with Gasteiger partial charge in [0.25, 0.3) is 0 Å². The van der Waals surface area contributed by atoms with E-state index in [9.17, 15) is 0 Å². The molecule has 0 aliphatic heterocycles. The minimum absolute atomic E-state index is 0.0717. The maximum atomic E-state index is 6.11. The molecule has 0 amide bonds. The number of aryl methyl sites for hydroxylation is 1. The second kappa shape index (κ2) is 4.97. The van der Waals surface area contributed by atoms with Gasteiger partial charge in [-0.15, -0.1) is 5.10 Å². The Morgan fingerprint density at radius 1 is 1.35 bits per heavy atom. The van der Waals surface area contributed by atoms with Crippen molar-refractivity contribution >= 4 is 0 Å². The SMILES string of the molecule is COc1ccc(C(N)Cc2cn(C)nn2)cc1. The molecule has 1 aromatic carbocycles. The Bertz CT molecular complexity index is 478. The molecule has 1 heterocycles. The minimum atomic E-state index is -0.0717. The van der Waals surface area contributed by atoms with E-state index in [-0.39, 0.29) is 6.04 Å². The van der Waals surface area contributed by atoms with Crippen LogP contribution in [0, 0.1) is 0 Å². The lowest BCUT2D eigenvalue weighted by molar-refractivity contribution is 0.414. The van der Waals surface area contributed by atoms with E-state index in [0.717, 1.165) is 17.0 Å². The molecule has 1 aromatic heterocycles. The molecule has 0 aliphatic rings. The average Bonchev–Trinajstić information content (AvgIpc) is 2.75. The lowest BCUT2D eigenvalue weighted by Gasteiger charge is -2.10. The van der Waals surface area contributed by atoms with Crippen LogP contribution in [0.1, 0.15) is 17.3 Å². The molecule has 1 atom stereocenters. The second-order valence-corrected chi connectivity index (χ2v) is 3.97. The highest BCUT2D eigenvalue weighted by molar-refractivity contribution is 5.29. The molecule has 0 radical (unpaired) electrons. The van der Waals surface area contributed by atoms with Gasteiger partial charge >= 0.3 is 0 Å². The quantitative estimate of drug-likeness (QED) is 0.856. The van der Waals surface area contributed by atoms with E-state index in [1.807, 2.05) is 37.5 Å². The third kappa shape index (κ3) is 2.82. The van der Waals surface area contributed by atoms with Crippen LogP contribution in [0.4, 0.5) is 0 Å². The van der Waals surface area contributed by atoms with Gasteiger partial charge in [0.2, 0.25) is 0 Å². The molecule has 90 valence electrons. The highest BCUT2D eigenvalue weighted by Crippen LogP contribution is 2.18. The van der Waals surface area contributed by atoms with Gasteiger partial charge in [-0.1, -0.05) is 17.3 Å². The van der Waals surface area contributed by atoms with Crippen LogP contribution in [-0.2, 0) is 13.5 Å². The van der Waals surface area contributed by atoms with Gasteiger partial charge in [0, 0.05) is 25.7 Å². The standard InChI is InChI=1S/C12H16N4O/c1-16-8-10(14-15-16)7-12(13)9-3-5-11(17-2)6-4-9/h3-6,8,12H,7,13H2,1-2H3. The molecule has 0 saturated heterocycles. The molecule has 0 spiro atoms. The van der Waals surface area contributed by atoms with Gasteiger partial charge in [0.15, 0.2) is 0 Å². The van der Waals surface area contributed by atoms with Gasteiger partial charge < -0.3 is 10.5 Å². The van der Waals surface area contributed by atoms with Crippen LogP contribution in [-0.4, -0.2) is 22.1 Å². The van der Waals surface area contributed by atoms with Crippen LogP contribution in [0.5, 0.6) is 5.75 Å². The Morgan fingerprint density at radius 3 is 2.59 bits per heavy atom. The molecule has 0 aliphatic carbocycles. The van der Waals surface area contributed by atoms with E-state index in [2.05, 4.69) is 10.3 Å². The number of ether oxygens (including phenoxy) is 1. The van der Waals surface area contributed by atoms with Gasteiger partial charge in [-0.2, -0.15) is 0 Å². The molecule has 2 aromatic rings. The fraction of sp³-hybridized carbons (Fsp3) is 0.333. The summed E-state index contributed by atoms with van der Waals surface area (Å²) in [5, 5.41) is 7.91. The maximum Gasteiger partial charge on any atom is 0.118 e. The summed E-state index contributed by atoms with van der Waals surface area (Å²) in [6, 6.07) is 7.69. The lowest BCUT2D eigenvalue weighted by atomic mass is 10.0. The van der Waals surface area contributed by atoms with Gasteiger partial charge in [0.1, 0.15) is 5.75 Å². The Hall–Kier alpha value is -1.88. The van der Waals surface area contributed by atoms with Crippen molar-refractivity contribution in [3.8, 4) is 5.75 Å². The predicted octanol–water partition coefficient (Wildman–Crippen LogP) is 1.07.